The fraction of sp³-hybridized carbons (Fsp3) is 0.148. The number of carbonyl (C=O) groups is 2. The maximum absolute atomic E-state index is 13.3. The molecule has 0 unspecified atom stereocenters. The van der Waals surface area contributed by atoms with Crippen molar-refractivity contribution >= 4 is 44.1 Å². The Bertz CT molecular complexity index is 1420. The molecule has 1 saturated heterocycles. The van der Waals surface area contributed by atoms with E-state index in [0.717, 1.165) is 15.8 Å². The summed E-state index contributed by atoms with van der Waals surface area (Å²) in [5, 5.41) is 11.6. The highest BCUT2D eigenvalue weighted by molar-refractivity contribution is 7.22. The molecule has 1 atom stereocenters. The van der Waals surface area contributed by atoms with Crippen LogP contribution in [0.3, 0.4) is 0 Å². The molecule has 0 spiro atoms. The summed E-state index contributed by atoms with van der Waals surface area (Å²) in [7, 11) is 0. The number of aliphatic hydroxyl groups is 1. The second-order valence-corrected chi connectivity index (χ2v) is 9.01. The summed E-state index contributed by atoms with van der Waals surface area (Å²) >= 11 is 1.35. The van der Waals surface area contributed by atoms with Crippen LogP contribution < -0.4 is 9.64 Å². The average molecular weight is 471 g/mol. The monoisotopic (exact) mass is 470 g/mol. The van der Waals surface area contributed by atoms with Gasteiger partial charge in [0.25, 0.3) is 5.78 Å². The second kappa shape index (κ2) is 8.76. The largest absolute Gasteiger partial charge is 0.507 e. The highest BCUT2D eigenvalue weighted by Gasteiger charge is 2.48. The molecule has 0 radical (unpaired) electrons. The number of benzene rings is 3. The van der Waals surface area contributed by atoms with Gasteiger partial charge in [-0.2, -0.15) is 0 Å². The molecule has 1 fully saturated rings. The molecule has 1 aliphatic heterocycles. The van der Waals surface area contributed by atoms with Gasteiger partial charge in [-0.05, 0) is 49.2 Å². The number of rotatable bonds is 5. The van der Waals surface area contributed by atoms with Gasteiger partial charge in [0.15, 0.2) is 5.13 Å². The van der Waals surface area contributed by atoms with Crippen LogP contribution in [0.2, 0.25) is 0 Å². The van der Waals surface area contributed by atoms with E-state index in [4.69, 9.17) is 4.74 Å². The van der Waals surface area contributed by atoms with Crippen molar-refractivity contribution in [3.63, 3.8) is 0 Å². The van der Waals surface area contributed by atoms with Gasteiger partial charge >= 0.3 is 5.91 Å². The molecule has 6 nitrogen and oxygen atoms in total. The summed E-state index contributed by atoms with van der Waals surface area (Å²) in [4.78, 5) is 32.6. The average Bonchev–Trinajstić information content (AvgIpc) is 3.37. The number of amides is 1. The highest BCUT2D eigenvalue weighted by atomic mass is 32.1. The molecule has 1 aliphatic rings. The van der Waals surface area contributed by atoms with Crippen LogP contribution in [0.25, 0.3) is 16.0 Å². The number of aryl methyl sites for hydroxylation is 1. The lowest BCUT2D eigenvalue weighted by atomic mass is 9.95. The van der Waals surface area contributed by atoms with Crippen LogP contribution in [0, 0.1) is 6.92 Å². The van der Waals surface area contributed by atoms with Crippen LogP contribution in [0.5, 0.6) is 5.75 Å². The topological polar surface area (TPSA) is 79.7 Å². The van der Waals surface area contributed by atoms with Crippen molar-refractivity contribution in [1.29, 1.82) is 0 Å². The summed E-state index contributed by atoms with van der Waals surface area (Å²) < 4.78 is 6.47. The van der Waals surface area contributed by atoms with E-state index in [9.17, 15) is 14.7 Å². The summed E-state index contributed by atoms with van der Waals surface area (Å²) in [6.45, 7) is 4.42. The number of ether oxygens (including phenoxy) is 1. The molecule has 1 N–H and O–H groups in total. The van der Waals surface area contributed by atoms with Gasteiger partial charge in [-0.15, -0.1) is 0 Å². The van der Waals surface area contributed by atoms with E-state index in [1.54, 1.807) is 36.4 Å². The van der Waals surface area contributed by atoms with E-state index in [0.29, 0.717) is 28.6 Å². The number of aromatic nitrogens is 1. The smallest absolute Gasteiger partial charge is 0.301 e. The molecule has 170 valence electrons. The number of fused-ring (bicyclic) bond motifs is 1. The van der Waals surface area contributed by atoms with E-state index in [1.807, 2.05) is 50.2 Å². The van der Waals surface area contributed by atoms with Crippen molar-refractivity contribution < 1.29 is 19.4 Å². The third kappa shape index (κ3) is 3.74. The number of carbonyl (C=O) groups excluding carboxylic acids is 2. The van der Waals surface area contributed by atoms with Crippen LogP contribution in [0.1, 0.15) is 29.7 Å². The molecular formula is C27H22N2O4S. The summed E-state index contributed by atoms with van der Waals surface area (Å²) in [5.41, 5.74) is 3.01. The molecule has 34 heavy (non-hydrogen) atoms. The quantitative estimate of drug-likeness (QED) is 0.232. The number of hydrogen-bond acceptors (Lipinski definition) is 6. The maximum Gasteiger partial charge on any atom is 0.301 e. The second-order valence-electron chi connectivity index (χ2n) is 8.00. The third-order valence-electron chi connectivity index (χ3n) is 5.74. The zero-order chi connectivity index (χ0) is 23.8. The maximum atomic E-state index is 13.3. The van der Waals surface area contributed by atoms with Gasteiger partial charge in [0, 0.05) is 5.56 Å². The zero-order valence-electron chi connectivity index (χ0n) is 18.7. The van der Waals surface area contributed by atoms with Crippen molar-refractivity contribution in [2.45, 2.75) is 19.9 Å². The van der Waals surface area contributed by atoms with Crippen molar-refractivity contribution in [3.05, 3.63) is 95.1 Å². The Hall–Kier alpha value is -3.97. The Morgan fingerprint density at radius 3 is 2.50 bits per heavy atom. The summed E-state index contributed by atoms with van der Waals surface area (Å²) in [6, 6.07) is 21.0. The first kappa shape index (κ1) is 21.9. The van der Waals surface area contributed by atoms with Gasteiger partial charge in [-0.1, -0.05) is 59.9 Å². The summed E-state index contributed by atoms with van der Waals surface area (Å²) in [6.07, 6.45) is 0. The first-order valence-electron chi connectivity index (χ1n) is 10.9. The van der Waals surface area contributed by atoms with Crippen molar-refractivity contribution in [2.24, 2.45) is 0 Å². The Balaban J connectivity index is 1.70. The number of aliphatic hydroxyl groups excluding tert-OH is 1. The van der Waals surface area contributed by atoms with Crippen molar-refractivity contribution in [3.8, 4) is 5.75 Å². The Morgan fingerprint density at radius 2 is 1.79 bits per heavy atom. The van der Waals surface area contributed by atoms with Gasteiger partial charge < -0.3 is 9.84 Å². The number of thiazole rings is 1. The molecule has 7 heteroatoms. The minimum atomic E-state index is -0.822. The molecule has 0 saturated carbocycles. The lowest BCUT2D eigenvalue weighted by Gasteiger charge is -2.23. The standard InChI is InChI=1S/C27H22N2O4S/c1-3-33-19-12-10-17(11-13-19)23-22(24(30)18-7-5-4-6-8-18)25(31)26(32)29(23)27-28-20-14-9-16(2)15-21(20)34-27/h4-15,23,30H,3H2,1-2H3/t23-/m1/s1. The summed E-state index contributed by atoms with van der Waals surface area (Å²) in [5.74, 6) is -0.984. The first-order valence-corrected chi connectivity index (χ1v) is 11.8. The Kier molecular flexibility index (Phi) is 5.63. The molecule has 0 aliphatic carbocycles. The number of ketones is 1. The van der Waals surface area contributed by atoms with Gasteiger partial charge in [-0.3, -0.25) is 14.5 Å². The molecule has 5 rings (SSSR count). The van der Waals surface area contributed by atoms with E-state index in [1.165, 1.54) is 16.2 Å². The predicted octanol–water partition coefficient (Wildman–Crippen LogP) is 5.63. The van der Waals surface area contributed by atoms with Crippen molar-refractivity contribution in [1.82, 2.24) is 4.98 Å². The zero-order valence-corrected chi connectivity index (χ0v) is 19.5. The van der Waals surface area contributed by atoms with Gasteiger partial charge in [-0.25, -0.2) is 4.98 Å². The Labute approximate surface area is 200 Å². The molecule has 3 aromatic carbocycles. The number of hydrogen-bond donors (Lipinski definition) is 1. The molecule has 1 amide bonds. The number of nitrogens with zero attached hydrogens (tertiary/aromatic N) is 2. The van der Waals surface area contributed by atoms with Gasteiger partial charge in [0.2, 0.25) is 0 Å². The van der Waals surface area contributed by atoms with Crippen LogP contribution in [-0.2, 0) is 9.59 Å². The van der Waals surface area contributed by atoms with Crippen molar-refractivity contribution in [2.75, 3.05) is 11.5 Å². The van der Waals surface area contributed by atoms with Crippen LogP contribution >= 0.6 is 11.3 Å². The van der Waals surface area contributed by atoms with E-state index in [-0.39, 0.29) is 11.3 Å². The normalized spacial score (nSPS) is 17.5. The van der Waals surface area contributed by atoms with E-state index in [2.05, 4.69) is 4.98 Å². The fourth-order valence-corrected chi connectivity index (χ4v) is 5.22. The fourth-order valence-electron chi connectivity index (χ4n) is 4.13. The van der Waals surface area contributed by atoms with Gasteiger partial charge in [0.05, 0.1) is 28.4 Å². The number of anilines is 1. The Morgan fingerprint density at radius 1 is 1.06 bits per heavy atom. The molecule has 2 heterocycles. The third-order valence-corrected chi connectivity index (χ3v) is 6.75. The van der Waals surface area contributed by atoms with Crippen LogP contribution in [-0.4, -0.2) is 28.4 Å². The lowest BCUT2D eigenvalue weighted by molar-refractivity contribution is -0.132. The molecule has 1 aromatic heterocycles. The molecule has 4 aromatic rings. The minimum absolute atomic E-state index is 0.0378. The SMILES string of the molecule is CCOc1ccc([C@@H]2C(=C(O)c3ccccc3)C(=O)C(=O)N2c2nc3ccc(C)cc3s2)cc1. The number of Topliss-reactive ketones (excluding diaryl/α,β-unsaturated/α-hetero) is 1. The van der Waals surface area contributed by atoms with Crippen LogP contribution in [0.15, 0.2) is 78.4 Å². The first-order chi connectivity index (χ1) is 16.5. The lowest BCUT2D eigenvalue weighted by Crippen LogP contribution is -2.29. The molecular weight excluding hydrogens is 448 g/mol. The van der Waals surface area contributed by atoms with E-state index >= 15 is 0 Å². The van der Waals surface area contributed by atoms with Crippen LogP contribution in [0.4, 0.5) is 5.13 Å². The highest BCUT2D eigenvalue weighted by Crippen LogP contribution is 2.44. The predicted molar refractivity (Wildman–Crippen MR) is 133 cm³/mol. The molecule has 0 bridgehead atoms. The minimum Gasteiger partial charge on any atom is -0.507 e. The van der Waals surface area contributed by atoms with Gasteiger partial charge in [0.1, 0.15) is 11.5 Å². The van der Waals surface area contributed by atoms with E-state index < -0.39 is 17.7 Å².